The van der Waals surface area contributed by atoms with Crippen molar-refractivity contribution in [2.45, 2.75) is 31.9 Å². The van der Waals surface area contributed by atoms with E-state index < -0.39 is 6.10 Å². The Morgan fingerprint density at radius 1 is 1.55 bits per heavy atom. The van der Waals surface area contributed by atoms with Gasteiger partial charge in [-0.15, -0.1) is 12.4 Å². The molecule has 1 aromatic rings. The molecule has 1 heterocycles. The molecule has 1 aliphatic rings. The van der Waals surface area contributed by atoms with Crippen molar-refractivity contribution in [3.8, 4) is 5.75 Å². The van der Waals surface area contributed by atoms with Gasteiger partial charge in [0.15, 0.2) is 6.10 Å². The van der Waals surface area contributed by atoms with Crippen molar-refractivity contribution in [2.24, 2.45) is 0 Å². The Labute approximate surface area is 134 Å². The molecule has 1 amide bonds. The molecule has 1 unspecified atom stereocenters. The Balaban J connectivity index is 0.00000200. The van der Waals surface area contributed by atoms with Crippen molar-refractivity contribution < 1.29 is 9.53 Å². The lowest BCUT2D eigenvalue weighted by Gasteiger charge is -2.25. The van der Waals surface area contributed by atoms with Crippen LogP contribution in [0.15, 0.2) is 28.7 Å². The highest BCUT2D eigenvalue weighted by Gasteiger charge is 2.20. The van der Waals surface area contributed by atoms with E-state index in [4.69, 9.17) is 4.74 Å². The van der Waals surface area contributed by atoms with E-state index in [0.717, 1.165) is 30.4 Å². The molecular weight excluding hydrogens is 344 g/mol. The molecule has 1 saturated heterocycles. The average molecular weight is 364 g/mol. The number of halogens is 2. The van der Waals surface area contributed by atoms with Crippen LogP contribution in [-0.4, -0.2) is 31.1 Å². The molecule has 1 fully saturated rings. The number of benzene rings is 1. The van der Waals surface area contributed by atoms with Gasteiger partial charge in [0, 0.05) is 17.1 Å². The molecule has 0 bridgehead atoms. The summed E-state index contributed by atoms with van der Waals surface area (Å²) < 4.78 is 6.58. The minimum Gasteiger partial charge on any atom is -0.481 e. The Hall–Kier alpha value is -0.780. The van der Waals surface area contributed by atoms with E-state index in [-0.39, 0.29) is 24.4 Å². The molecule has 2 N–H and O–H groups in total. The molecule has 2 rings (SSSR count). The minimum atomic E-state index is -0.490. The Bertz CT molecular complexity index is 439. The quantitative estimate of drug-likeness (QED) is 0.864. The Kier molecular flexibility index (Phi) is 7.34. The van der Waals surface area contributed by atoms with Crippen LogP contribution in [-0.2, 0) is 4.79 Å². The van der Waals surface area contributed by atoms with Gasteiger partial charge in [-0.1, -0.05) is 22.0 Å². The molecule has 1 aromatic carbocycles. The van der Waals surface area contributed by atoms with Crippen LogP contribution in [0.3, 0.4) is 0 Å². The number of rotatable bonds is 4. The van der Waals surface area contributed by atoms with Crippen LogP contribution in [0.25, 0.3) is 0 Å². The zero-order chi connectivity index (χ0) is 13.7. The maximum atomic E-state index is 12.0. The molecule has 0 radical (unpaired) electrons. The monoisotopic (exact) mass is 362 g/mol. The van der Waals surface area contributed by atoms with E-state index in [0.29, 0.717) is 5.75 Å². The zero-order valence-corrected chi connectivity index (χ0v) is 13.8. The van der Waals surface area contributed by atoms with Crippen LogP contribution in [0.2, 0.25) is 0 Å². The van der Waals surface area contributed by atoms with Gasteiger partial charge in [-0.2, -0.15) is 0 Å². The molecule has 1 aliphatic heterocycles. The molecule has 6 heteroatoms. The molecular formula is C14H20BrClN2O2. The van der Waals surface area contributed by atoms with E-state index >= 15 is 0 Å². The second-order valence-electron chi connectivity index (χ2n) is 4.77. The highest BCUT2D eigenvalue weighted by molar-refractivity contribution is 9.10. The third kappa shape index (κ3) is 5.31. The first-order valence-electron chi connectivity index (χ1n) is 6.58. The lowest BCUT2D eigenvalue weighted by Crippen LogP contribution is -2.49. The number of piperidine rings is 1. The largest absolute Gasteiger partial charge is 0.481 e. The van der Waals surface area contributed by atoms with Crippen LogP contribution in [0.1, 0.15) is 19.8 Å². The first-order valence-corrected chi connectivity index (χ1v) is 7.38. The van der Waals surface area contributed by atoms with Crippen molar-refractivity contribution in [1.82, 2.24) is 10.6 Å². The molecule has 112 valence electrons. The highest BCUT2D eigenvalue weighted by Crippen LogP contribution is 2.19. The summed E-state index contributed by atoms with van der Waals surface area (Å²) in [6.07, 6.45) is 1.64. The average Bonchev–Trinajstić information content (AvgIpc) is 2.40. The van der Waals surface area contributed by atoms with Gasteiger partial charge in [0.05, 0.1) is 0 Å². The first kappa shape index (κ1) is 17.3. The summed E-state index contributed by atoms with van der Waals surface area (Å²) in [4.78, 5) is 12.0. The van der Waals surface area contributed by atoms with Crippen LogP contribution < -0.4 is 15.4 Å². The van der Waals surface area contributed by atoms with Gasteiger partial charge in [-0.3, -0.25) is 4.79 Å². The van der Waals surface area contributed by atoms with Gasteiger partial charge in [-0.05, 0) is 44.5 Å². The molecule has 0 aromatic heterocycles. The second kappa shape index (κ2) is 8.49. The van der Waals surface area contributed by atoms with Crippen molar-refractivity contribution in [3.05, 3.63) is 28.7 Å². The van der Waals surface area contributed by atoms with Crippen molar-refractivity contribution in [1.29, 1.82) is 0 Å². The van der Waals surface area contributed by atoms with Gasteiger partial charge < -0.3 is 15.4 Å². The van der Waals surface area contributed by atoms with E-state index in [2.05, 4.69) is 26.6 Å². The lowest BCUT2D eigenvalue weighted by atomic mass is 10.1. The van der Waals surface area contributed by atoms with Crippen molar-refractivity contribution >= 4 is 34.2 Å². The third-order valence-electron chi connectivity index (χ3n) is 3.12. The topological polar surface area (TPSA) is 50.4 Å². The first-order chi connectivity index (χ1) is 9.15. The number of carbonyl (C=O) groups excluding carboxylic acids is 1. The molecule has 2 atom stereocenters. The van der Waals surface area contributed by atoms with E-state index in [1.807, 2.05) is 24.3 Å². The fourth-order valence-electron chi connectivity index (χ4n) is 2.09. The summed E-state index contributed by atoms with van der Waals surface area (Å²) in [7, 11) is 0. The summed E-state index contributed by atoms with van der Waals surface area (Å²) >= 11 is 3.38. The number of ether oxygens (including phenoxy) is 1. The van der Waals surface area contributed by atoms with Crippen LogP contribution in [0.5, 0.6) is 5.75 Å². The van der Waals surface area contributed by atoms with Gasteiger partial charge in [-0.25, -0.2) is 0 Å². The lowest BCUT2D eigenvalue weighted by molar-refractivity contribution is -0.128. The van der Waals surface area contributed by atoms with E-state index in [1.54, 1.807) is 6.92 Å². The maximum absolute atomic E-state index is 12.0. The predicted octanol–water partition coefficient (Wildman–Crippen LogP) is 2.51. The van der Waals surface area contributed by atoms with E-state index in [9.17, 15) is 4.79 Å². The number of carbonyl (C=O) groups is 1. The van der Waals surface area contributed by atoms with Crippen LogP contribution in [0.4, 0.5) is 0 Å². The summed E-state index contributed by atoms with van der Waals surface area (Å²) in [5.74, 6) is 0.632. The predicted molar refractivity (Wildman–Crippen MR) is 85.5 cm³/mol. The van der Waals surface area contributed by atoms with Crippen LogP contribution >= 0.6 is 28.3 Å². The van der Waals surface area contributed by atoms with Gasteiger partial charge >= 0.3 is 0 Å². The van der Waals surface area contributed by atoms with Gasteiger partial charge in [0.2, 0.25) is 0 Å². The fraction of sp³-hybridized carbons (Fsp3) is 0.500. The third-order valence-corrected chi connectivity index (χ3v) is 3.61. The highest BCUT2D eigenvalue weighted by atomic mass is 79.9. The summed E-state index contributed by atoms with van der Waals surface area (Å²) in [6, 6.07) is 7.72. The molecule has 4 nitrogen and oxygen atoms in total. The number of amides is 1. The maximum Gasteiger partial charge on any atom is 0.261 e. The Morgan fingerprint density at radius 2 is 2.35 bits per heavy atom. The molecule has 0 aliphatic carbocycles. The number of hydrogen-bond acceptors (Lipinski definition) is 3. The normalized spacial score (nSPS) is 19.6. The standard InChI is InChI=1S/C14H19BrN2O2.ClH/c1-10(19-13-6-2-4-11(15)8-13)14(18)17-12-5-3-7-16-9-12;/h2,4,6,8,10,12,16H,3,5,7,9H2,1H3,(H,17,18);1H/t10?,12-;/m0./s1. The van der Waals surface area contributed by atoms with Crippen LogP contribution in [0, 0.1) is 0 Å². The zero-order valence-electron chi connectivity index (χ0n) is 11.4. The van der Waals surface area contributed by atoms with Gasteiger partial charge in [0.25, 0.3) is 5.91 Å². The second-order valence-corrected chi connectivity index (χ2v) is 5.68. The number of nitrogens with one attached hydrogen (secondary N) is 2. The SMILES string of the molecule is CC(Oc1cccc(Br)c1)C(=O)N[C@H]1CCCNC1.Cl. The Morgan fingerprint density at radius 3 is 3.00 bits per heavy atom. The summed E-state index contributed by atoms with van der Waals surface area (Å²) in [6.45, 7) is 3.65. The van der Waals surface area contributed by atoms with Gasteiger partial charge in [0.1, 0.15) is 5.75 Å². The minimum absolute atomic E-state index is 0. The van der Waals surface area contributed by atoms with Crippen molar-refractivity contribution in [2.75, 3.05) is 13.1 Å². The number of hydrogen-bond donors (Lipinski definition) is 2. The smallest absolute Gasteiger partial charge is 0.261 e. The van der Waals surface area contributed by atoms with Crippen molar-refractivity contribution in [3.63, 3.8) is 0 Å². The summed E-state index contributed by atoms with van der Waals surface area (Å²) in [5, 5.41) is 6.29. The molecule has 20 heavy (non-hydrogen) atoms. The molecule has 0 saturated carbocycles. The van der Waals surface area contributed by atoms with E-state index in [1.165, 1.54) is 0 Å². The fourth-order valence-corrected chi connectivity index (χ4v) is 2.47. The molecule has 0 spiro atoms. The summed E-state index contributed by atoms with van der Waals surface area (Å²) in [5.41, 5.74) is 0.